The molecule has 0 radical (unpaired) electrons. The van der Waals surface area contributed by atoms with Crippen molar-refractivity contribution >= 4 is 11.8 Å². The molecule has 2 amide bonds. The van der Waals surface area contributed by atoms with Crippen LogP contribution in [0.4, 0.5) is 0 Å². The quantitative estimate of drug-likeness (QED) is 0.847. The Morgan fingerprint density at radius 1 is 0.720 bits per heavy atom. The molecule has 5 nitrogen and oxygen atoms in total. The van der Waals surface area contributed by atoms with Gasteiger partial charge >= 0.3 is 0 Å². The number of rotatable bonds is 3. The van der Waals surface area contributed by atoms with E-state index in [2.05, 4.69) is 11.8 Å². The standard InChI is InChI=1S/C20H29N3O2/c1-2-21-13-15-23(16-14-21)20(25)18-9-7-17(8-10-18)19(24)22-11-5-3-4-6-12-22/h7-10H,2-6,11-16H2,1H3. The Morgan fingerprint density at radius 2 is 1.16 bits per heavy atom. The van der Waals surface area contributed by atoms with Gasteiger partial charge in [-0.3, -0.25) is 9.59 Å². The van der Waals surface area contributed by atoms with E-state index in [1.54, 1.807) is 12.1 Å². The number of carbonyl (C=O) groups is 2. The molecule has 0 saturated carbocycles. The third kappa shape index (κ3) is 4.40. The van der Waals surface area contributed by atoms with Crippen molar-refractivity contribution in [3.05, 3.63) is 35.4 Å². The van der Waals surface area contributed by atoms with Gasteiger partial charge in [-0.05, 0) is 43.7 Å². The first-order chi connectivity index (χ1) is 12.2. The summed E-state index contributed by atoms with van der Waals surface area (Å²) in [5, 5.41) is 0. The summed E-state index contributed by atoms with van der Waals surface area (Å²) in [6.07, 6.45) is 4.60. The first kappa shape index (κ1) is 17.9. The number of benzene rings is 1. The summed E-state index contributed by atoms with van der Waals surface area (Å²) >= 11 is 0. The van der Waals surface area contributed by atoms with Crippen LogP contribution in [0.3, 0.4) is 0 Å². The molecule has 0 spiro atoms. The van der Waals surface area contributed by atoms with Crippen LogP contribution < -0.4 is 0 Å². The van der Waals surface area contributed by atoms with Crippen LogP contribution in [0.2, 0.25) is 0 Å². The fraction of sp³-hybridized carbons (Fsp3) is 0.600. The number of amides is 2. The van der Waals surface area contributed by atoms with E-state index in [0.29, 0.717) is 11.1 Å². The van der Waals surface area contributed by atoms with Crippen LogP contribution in [0.25, 0.3) is 0 Å². The summed E-state index contributed by atoms with van der Waals surface area (Å²) in [4.78, 5) is 31.5. The molecule has 25 heavy (non-hydrogen) atoms. The highest BCUT2D eigenvalue weighted by Crippen LogP contribution is 2.15. The van der Waals surface area contributed by atoms with E-state index in [0.717, 1.165) is 58.7 Å². The number of piperazine rings is 1. The van der Waals surface area contributed by atoms with Crippen LogP contribution in [0, 0.1) is 0 Å². The number of hydrogen-bond donors (Lipinski definition) is 0. The lowest BCUT2D eigenvalue weighted by Gasteiger charge is -2.34. The lowest BCUT2D eigenvalue weighted by atomic mass is 10.1. The smallest absolute Gasteiger partial charge is 0.253 e. The third-order valence-electron chi connectivity index (χ3n) is 5.38. The van der Waals surface area contributed by atoms with Crippen LogP contribution in [-0.4, -0.2) is 72.3 Å². The maximum atomic E-state index is 12.6. The van der Waals surface area contributed by atoms with Crippen molar-refractivity contribution < 1.29 is 9.59 Å². The van der Waals surface area contributed by atoms with E-state index in [9.17, 15) is 9.59 Å². The van der Waals surface area contributed by atoms with Crippen molar-refractivity contribution in [2.45, 2.75) is 32.6 Å². The molecule has 2 heterocycles. The van der Waals surface area contributed by atoms with Crippen molar-refractivity contribution in [3.63, 3.8) is 0 Å². The molecule has 2 aliphatic heterocycles. The van der Waals surface area contributed by atoms with Gasteiger partial charge in [0, 0.05) is 50.4 Å². The van der Waals surface area contributed by atoms with Crippen molar-refractivity contribution in [1.82, 2.24) is 14.7 Å². The van der Waals surface area contributed by atoms with Crippen LogP contribution in [0.1, 0.15) is 53.3 Å². The van der Waals surface area contributed by atoms with Gasteiger partial charge in [-0.2, -0.15) is 0 Å². The van der Waals surface area contributed by atoms with Crippen molar-refractivity contribution in [2.24, 2.45) is 0 Å². The highest BCUT2D eigenvalue weighted by molar-refractivity contribution is 5.97. The summed E-state index contributed by atoms with van der Waals surface area (Å²) in [5.41, 5.74) is 1.37. The minimum atomic E-state index is 0.0736. The van der Waals surface area contributed by atoms with Gasteiger partial charge in [0.25, 0.3) is 11.8 Å². The Bertz CT molecular complexity index is 583. The Kier molecular flexibility index (Phi) is 6.08. The molecular formula is C20H29N3O2. The fourth-order valence-electron chi connectivity index (χ4n) is 3.66. The monoisotopic (exact) mass is 343 g/mol. The lowest BCUT2D eigenvalue weighted by molar-refractivity contribution is 0.0642. The summed E-state index contributed by atoms with van der Waals surface area (Å²) < 4.78 is 0. The van der Waals surface area contributed by atoms with Crippen molar-refractivity contribution in [3.8, 4) is 0 Å². The lowest BCUT2D eigenvalue weighted by Crippen LogP contribution is -2.48. The molecule has 0 aromatic heterocycles. The van der Waals surface area contributed by atoms with Gasteiger partial charge in [0.2, 0.25) is 0 Å². The van der Waals surface area contributed by atoms with Gasteiger partial charge in [0.1, 0.15) is 0 Å². The van der Waals surface area contributed by atoms with E-state index >= 15 is 0 Å². The maximum absolute atomic E-state index is 12.6. The SMILES string of the molecule is CCN1CCN(C(=O)c2ccc(C(=O)N3CCCCCC3)cc2)CC1. The van der Waals surface area contributed by atoms with E-state index < -0.39 is 0 Å². The van der Waals surface area contributed by atoms with Gasteiger partial charge in [0.05, 0.1) is 0 Å². The van der Waals surface area contributed by atoms with Crippen LogP contribution in [-0.2, 0) is 0 Å². The summed E-state index contributed by atoms with van der Waals surface area (Å²) in [6, 6.07) is 7.23. The zero-order chi connectivity index (χ0) is 17.6. The minimum Gasteiger partial charge on any atom is -0.339 e. The second-order valence-electron chi connectivity index (χ2n) is 7.01. The maximum Gasteiger partial charge on any atom is 0.253 e. The van der Waals surface area contributed by atoms with Crippen molar-refractivity contribution in [2.75, 3.05) is 45.8 Å². The fourth-order valence-corrected chi connectivity index (χ4v) is 3.66. The Labute approximate surface area is 150 Å². The Hall–Kier alpha value is -1.88. The molecule has 1 aromatic rings. The predicted molar refractivity (Wildman–Crippen MR) is 98.8 cm³/mol. The molecule has 5 heteroatoms. The minimum absolute atomic E-state index is 0.0736. The molecule has 0 atom stereocenters. The molecular weight excluding hydrogens is 314 g/mol. The normalized spacial score (nSPS) is 19.6. The van der Waals surface area contributed by atoms with E-state index in [-0.39, 0.29) is 11.8 Å². The molecule has 136 valence electrons. The Balaban J connectivity index is 1.61. The number of likely N-dealkylation sites (tertiary alicyclic amines) is 1. The second kappa shape index (κ2) is 8.48. The van der Waals surface area contributed by atoms with Gasteiger partial charge in [0.15, 0.2) is 0 Å². The third-order valence-corrected chi connectivity index (χ3v) is 5.38. The second-order valence-corrected chi connectivity index (χ2v) is 7.01. The zero-order valence-corrected chi connectivity index (χ0v) is 15.2. The molecule has 0 unspecified atom stereocenters. The van der Waals surface area contributed by atoms with E-state index in [1.807, 2.05) is 21.9 Å². The summed E-state index contributed by atoms with van der Waals surface area (Å²) in [7, 11) is 0. The molecule has 2 fully saturated rings. The Morgan fingerprint density at radius 3 is 1.60 bits per heavy atom. The molecule has 0 aliphatic carbocycles. The van der Waals surface area contributed by atoms with Gasteiger partial charge < -0.3 is 14.7 Å². The van der Waals surface area contributed by atoms with Gasteiger partial charge in [-0.1, -0.05) is 19.8 Å². The molecule has 0 bridgehead atoms. The van der Waals surface area contributed by atoms with Crippen LogP contribution >= 0.6 is 0 Å². The summed E-state index contributed by atoms with van der Waals surface area (Å²) in [6.45, 7) is 8.32. The number of likely N-dealkylation sites (N-methyl/N-ethyl adjacent to an activating group) is 1. The predicted octanol–water partition coefficient (Wildman–Crippen LogP) is 2.48. The van der Waals surface area contributed by atoms with E-state index in [4.69, 9.17) is 0 Å². The average Bonchev–Trinajstić information content (AvgIpc) is 2.96. The van der Waals surface area contributed by atoms with Gasteiger partial charge in [-0.25, -0.2) is 0 Å². The number of carbonyl (C=O) groups excluding carboxylic acids is 2. The highest BCUT2D eigenvalue weighted by Gasteiger charge is 2.22. The molecule has 1 aromatic carbocycles. The van der Waals surface area contributed by atoms with E-state index in [1.165, 1.54) is 12.8 Å². The number of hydrogen-bond acceptors (Lipinski definition) is 3. The highest BCUT2D eigenvalue weighted by atomic mass is 16.2. The van der Waals surface area contributed by atoms with Crippen LogP contribution in [0.5, 0.6) is 0 Å². The van der Waals surface area contributed by atoms with Crippen LogP contribution in [0.15, 0.2) is 24.3 Å². The number of nitrogens with zero attached hydrogens (tertiary/aromatic N) is 3. The molecule has 2 aliphatic rings. The van der Waals surface area contributed by atoms with Gasteiger partial charge in [-0.15, -0.1) is 0 Å². The zero-order valence-electron chi connectivity index (χ0n) is 15.2. The largest absolute Gasteiger partial charge is 0.339 e. The molecule has 2 saturated heterocycles. The summed E-state index contributed by atoms with van der Waals surface area (Å²) in [5.74, 6) is 0.169. The molecule has 0 N–H and O–H groups in total. The van der Waals surface area contributed by atoms with Crippen molar-refractivity contribution in [1.29, 1.82) is 0 Å². The first-order valence-electron chi connectivity index (χ1n) is 9.60. The first-order valence-corrected chi connectivity index (χ1v) is 9.60. The topological polar surface area (TPSA) is 43.9 Å². The average molecular weight is 343 g/mol. The molecule has 3 rings (SSSR count).